The minimum absolute atomic E-state index is 0.577. The lowest BCUT2D eigenvalue weighted by molar-refractivity contribution is 0.112. The summed E-state index contributed by atoms with van der Waals surface area (Å²) in [5, 5.41) is 1.06. The van der Waals surface area contributed by atoms with Crippen LogP contribution in [0.5, 0.6) is 0 Å². The van der Waals surface area contributed by atoms with Crippen LogP contribution in [0.2, 0.25) is 0 Å². The highest BCUT2D eigenvalue weighted by Gasteiger charge is 2.04. The van der Waals surface area contributed by atoms with Crippen LogP contribution in [0.3, 0.4) is 0 Å². The van der Waals surface area contributed by atoms with E-state index in [-0.39, 0.29) is 0 Å². The van der Waals surface area contributed by atoms with Crippen LogP contribution < -0.4 is 0 Å². The minimum atomic E-state index is 0.577. The number of carbonyl (C=O) groups excluding carboxylic acids is 1. The Labute approximate surface area is 104 Å². The molecule has 0 amide bonds. The topological polar surface area (TPSA) is 42.9 Å². The van der Waals surface area contributed by atoms with Gasteiger partial charge in [0.1, 0.15) is 0 Å². The Bertz CT molecular complexity index is 717. The lowest BCUT2D eigenvalue weighted by Crippen LogP contribution is -1.87. The van der Waals surface area contributed by atoms with Crippen molar-refractivity contribution in [2.24, 2.45) is 0 Å². The van der Waals surface area contributed by atoms with Crippen LogP contribution in [0.1, 0.15) is 10.4 Å². The summed E-state index contributed by atoms with van der Waals surface area (Å²) in [4.78, 5) is 19.2. The molecule has 0 N–H and O–H groups in total. The Morgan fingerprint density at radius 3 is 2.89 bits per heavy atom. The van der Waals surface area contributed by atoms with Crippen LogP contribution in [0.4, 0.5) is 0 Å². The lowest BCUT2D eigenvalue weighted by Gasteiger charge is -2.06. The van der Waals surface area contributed by atoms with Gasteiger partial charge in [-0.2, -0.15) is 0 Å². The number of aromatic nitrogens is 2. The Hall–Kier alpha value is -2.55. The molecule has 0 aliphatic rings. The Morgan fingerprint density at radius 2 is 2.00 bits per heavy atom. The first kappa shape index (κ1) is 10.6. The SMILES string of the molecule is O=Cc1cncc(-c2cccc3ncccc23)c1. The zero-order valence-corrected chi connectivity index (χ0v) is 9.58. The smallest absolute Gasteiger partial charge is 0.151 e. The van der Waals surface area contributed by atoms with Gasteiger partial charge in [0.15, 0.2) is 6.29 Å². The van der Waals surface area contributed by atoms with Gasteiger partial charge in [-0.25, -0.2) is 0 Å². The first-order valence-electron chi connectivity index (χ1n) is 5.63. The fourth-order valence-electron chi connectivity index (χ4n) is 2.02. The Morgan fingerprint density at radius 1 is 1.06 bits per heavy atom. The number of benzene rings is 1. The largest absolute Gasteiger partial charge is 0.298 e. The van der Waals surface area contributed by atoms with Gasteiger partial charge in [0.2, 0.25) is 0 Å². The Kier molecular flexibility index (Phi) is 2.57. The molecule has 2 heterocycles. The van der Waals surface area contributed by atoms with E-state index in [1.54, 1.807) is 18.6 Å². The molecule has 18 heavy (non-hydrogen) atoms. The van der Waals surface area contributed by atoms with Crippen molar-refractivity contribution in [3.05, 3.63) is 60.6 Å². The van der Waals surface area contributed by atoms with Crippen molar-refractivity contribution in [1.82, 2.24) is 9.97 Å². The molecule has 3 nitrogen and oxygen atoms in total. The molecule has 0 saturated carbocycles. The number of nitrogens with zero attached hydrogens (tertiary/aromatic N) is 2. The molecule has 0 saturated heterocycles. The standard InChI is InChI=1S/C15H10N2O/c18-10-11-7-12(9-16-8-11)13-3-1-5-15-14(13)4-2-6-17-15/h1-10H. The number of hydrogen-bond donors (Lipinski definition) is 0. The van der Waals surface area contributed by atoms with Crippen LogP contribution in [-0.2, 0) is 0 Å². The van der Waals surface area contributed by atoms with E-state index >= 15 is 0 Å². The van der Waals surface area contributed by atoms with Crippen molar-refractivity contribution in [1.29, 1.82) is 0 Å². The molecule has 0 bridgehead atoms. The molecule has 0 aliphatic carbocycles. The second-order valence-corrected chi connectivity index (χ2v) is 4.00. The molecule has 0 atom stereocenters. The van der Waals surface area contributed by atoms with Crippen molar-refractivity contribution in [3.8, 4) is 11.1 Å². The summed E-state index contributed by atoms with van der Waals surface area (Å²) in [7, 11) is 0. The maximum absolute atomic E-state index is 10.8. The number of rotatable bonds is 2. The van der Waals surface area contributed by atoms with Crippen molar-refractivity contribution in [2.45, 2.75) is 0 Å². The van der Waals surface area contributed by atoms with E-state index < -0.39 is 0 Å². The summed E-state index contributed by atoms with van der Waals surface area (Å²) in [5.74, 6) is 0. The zero-order chi connectivity index (χ0) is 12.4. The third kappa shape index (κ3) is 1.76. The van der Waals surface area contributed by atoms with Crippen LogP contribution in [-0.4, -0.2) is 16.3 Å². The predicted molar refractivity (Wildman–Crippen MR) is 70.4 cm³/mol. The molecule has 1 aromatic carbocycles. The second kappa shape index (κ2) is 4.37. The van der Waals surface area contributed by atoms with Gasteiger partial charge in [0, 0.05) is 35.1 Å². The molecule has 86 valence electrons. The molecule has 3 rings (SSSR count). The highest BCUT2D eigenvalue weighted by Crippen LogP contribution is 2.27. The number of fused-ring (bicyclic) bond motifs is 1. The maximum atomic E-state index is 10.8. The molecule has 0 radical (unpaired) electrons. The number of pyridine rings is 2. The van der Waals surface area contributed by atoms with Crippen molar-refractivity contribution >= 4 is 17.2 Å². The van der Waals surface area contributed by atoms with Crippen LogP contribution in [0.15, 0.2) is 55.0 Å². The van der Waals surface area contributed by atoms with E-state index in [9.17, 15) is 4.79 Å². The fraction of sp³-hybridized carbons (Fsp3) is 0. The van der Waals surface area contributed by atoms with Gasteiger partial charge in [0.25, 0.3) is 0 Å². The minimum Gasteiger partial charge on any atom is -0.298 e. The number of aldehydes is 1. The van der Waals surface area contributed by atoms with Crippen molar-refractivity contribution < 1.29 is 4.79 Å². The molecule has 0 unspecified atom stereocenters. The monoisotopic (exact) mass is 234 g/mol. The second-order valence-electron chi connectivity index (χ2n) is 4.00. The van der Waals surface area contributed by atoms with Gasteiger partial charge in [-0.05, 0) is 23.8 Å². The normalized spacial score (nSPS) is 10.4. The average molecular weight is 234 g/mol. The number of carbonyl (C=O) groups is 1. The van der Waals surface area contributed by atoms with Crippen molar-refractivity contribution in [2.75, 3.05) is 0 Å². The predicted octanol–water partition coefficient (Wildman–Crippen LogP) is 3.11. The van der Waals surface area contributed by atoms with E-state index in [0.29, 0.717) is 5.56 Å². The molecular formula is C15H10N2O. The Balaban J connectivity index is 2.27. The molecule has 2 aromatic heterocycles. The summed E-state index contributed by atoms with van der Waals surface area (Å²) >= 11 is 0. The average Bonchev–Trinajstić information content (AvgIpc) is 2.47. The van der Waals surface area contributed by atoms with Crippen LogP contribution >= 0.6 is 0 Å². The quantitative estimate of drug-likeness (QED) is 0.640. The summed E-state index contributed by atoms with van der Waals surface area (Å²) in [6.07, 6.45) is 5.89. The molecule has 0 fully saturated rings. The summed E-state index contributed by atoms with van der Waals surface area (Å²) in [6.45, 7) is 0. The number of hydrogen-bond acceptors (Lipinski definition) is 3. The zero-order valence-electron chi connectivity index (χ0n) is 9.58. The van der Waals surface area contributed by atoms with Gasteiger partial charge >= 0.3 is 0 Å². The molecule has 0 aliphatic heterocycles. The highest BCUT2D eigenvalue weighted by molar-refractivity contribution is 5.95. The molecule has 0 spiro atoms. The third-order valence-electron chi connectivity index (χ3n) is 2.85. The van der Waals surface area contributed by atoms with Gasteiger partial charge in [0.05, 0.1) is 5.52 Å². The summed E-state index contributed by atoms with van der Waals surface area (Å²) in [6, 6.07) is 11.7. The van der Waals surface area contributed by atoms with Crippen molar-refractivity contribution in [3.63, 3.8) is 0 Å². The third-order valence-corrected chi connectivity index (χ3v) is 2.85. The van der Waals surface area contributed by atoms with E-state index in [1.807, 2.05) is 36.4 Å². The first-order valence-corrected chi connectivity index (χ1v) is 5.63. The van der Waals surface area contributed by atoms with Gasteiger partial charge < -0.3 is 0 Å². The van der Waals surface area contributed by atoms with E-state index in [1.165, 1.54) is 0 Å². The van der Waals surface area contributed by atoms with Crippen LogP contribution in [0, 0.1) is 0 Å². The first-order chi connectivity index (χ1) is 8.88. The fourth-order valence-corrected chi connectivity index (χ4v) is 2.02. The maximum Gasteiger partial charge on any atom is 0.151 e. The van der Waals surface area contributed by atoms with E-state index in [4.69, 9.17) is 0 Å². The van der Waals surface area contributed by atoms with E-state index in [2.05, 4.69) is 9.97 Å². The van der Waals surface area contributed by atoms with E-state index in [0.717, 1.165) is 28.3 Å². The highest BCUT2D eigenvalue weighted by atomic mass is 16.1. The molecule has 3 aromatic rings. The summed E-state index contributed by atoms with van der Waals surface area (Å²) in [5.41, 5.74) is 3.48. The molecule has 3 heteroatoms. The van der Waals surface area contributed by atoms with Crippen LogP contribution in [0.25, 0.3) is 22.0 Å². The van der Waals surface area contributed by atoms with Gasteiger partial charge in [-0.3, -0.25) is 14.8 Å². The van der Waals surface area contributed by atoms with Gasteiger partial charge in [-0.1, -0.05) is 18.2 Å². The summed E-state index contributed by atoms with van der Waals surface area (Å²) < 4.78 is 0. The lowest BCUT2D eigenvalue weighted by atomic mass is 10.0. The van der Waals surface area contributed by atoms with Gasteiger partial charge in [-0.15, -0.1) is 0 Å². The molecular weight excluding hydrogens is 224 g/mol.